The molecule has 0 bridgehead atoms. The minimum atomic E-state index is -1.15. The molecule has 1 aromatic rings. The topological polar surface area (TPSA) is 75.6 Å². The lowest BCUT2D eigenvalue weighted by Gasteiger charge is -2.07. The average molecular weight is 304 g/mol. The monoisotopic (exact) mass is 303 g/mol. The molecule has 1 rings (SSSR count). The van der Waals surface area contributed by atoms with Gasteiger partial charge in [0.15, 0.2) is 0 Å². The highest BCUT2D eigenvalue weighted by atomic mass is 35.5. The third kappa shape index (κ3) is 5.63. The molecule has 0 aliphatic carbocycles. The Balaban J connectivity index is 2.50. The molecule has 0 spiro atoms. The molecule has 19 heavy (non-hydrogen) atoms. The van der Waals surface area contributed by atoms with E-state index in [0.29, 0.717) is 15.6 Å². The lowest BCUT2D eigenvalue weighted by molar-refractivity contribution is -0.131. The number of benzene rings is 1. The summed E-state index contributed by atoms with van der Waals surface area (Å²) in [6.45, 7) is 1.44. The first kappa shape index (κ1) is 15.3. The van der Waals surface area contributed by atoms with E-state index < -0.39 is 12.1 Å². The zero-order valence-electron chi connectivity index (χ0n) is 9.94. The molecule has 1 aromatic carbocycles. The number of aliphatic carboxylic acids is 1. The van der Waals surface area contributed by atoms with Gasteiger partial charge in [0.2, 0.25) is 0 Å². The predicted octanol–water partition coefficient (Wildman–Crippen LogP) is 3.21. The lowest BCUT2D eigenvalue weighted by Crippen LogP contribution is -2.22. The molecule has 0 radical (unpaired) electrons. The number of halogens is 2. The molecule has 0 saturated heterocycles. The third-order valence-electron chi connectivity index (χ3n) is 1.99. The second-order valence-corrected chi connectivity index (χ2v) is 4.43. The van der Waals surface area contributed by atoms with Gasteiger partial charge in [0.1, 0.15) is 6.61 Å². The van der Waals surface area contributed by atoms with E-state index in [1.807, 2.05) is 0 Å². The highest BCUT2D eigenvalue weighted by Gasteiger charge is 2.05. The van der Waals surface area contributed by atoms with Crippen LogP contribution in [0.3, 0.4) is 0 Å². The van der Waals surface area contributed by atoms with Gasteiger partial charge >= 0.3 is 12.1 Å². The Morgan fingerprint density at radius 1 is 1.37 bits per heavy atom. The van der Waals surface area contributed by atoms with E-state index in [0.717, 1.165) is 6.08 Å². The fraction of sp³-hybridized carbons (Fsp3) is 0.167. The van der Waals surface area contributed by atoms with E-state index in [1.165, 1.54) is 6.92 Å². The van der Waals surface area contributed by atoms with Crippen molar-refractivity contribution >= 4 is 35.3 Å². The molecule has 0 aliphatic rings. The van der Waals surface area contributed by atoms with Crippen LogP contribution in [0.1, 0.15) is 12.5 Å². The SMILES string of the molecule is CC(=CC(=O)O)NC(=O)OCc1ccc(Cl)c(Cl)c1. The van der Waals surface area contributed by atoms with Crippen molar-refractivity contribution in [3.8, 4) is 0 Å². The second kappa shape index (κ2) is 7.01. The minimum absolute atomic E-state index is 0.00305. The van der Waals surface area contributed by atoms with Crippen LogP contribution in [-0.2, 0) is 16.1 Å². The molecule has 0 saturated carbocycles. The summed E-state index contributed by atoms with van der Waals surface area (Å²) in [7, 11) is 0. The summed E-state index contributed by atoms with van der Waals surface area (Å²) in [6.07, 6.45) is 0.113. The Hall–Kier alpha value is -1.72. The van der Waals surface area contributed by atoms with E-state index in [9.17, 15) is 9.59 Å². The quantitative estimate of drug-likeness (QED) is 0.838. The zero-order chi connectivity index (χ0) is 14.4. The number of rotatable bonds is 4. The fourth-order valence-electron chi connectivity index (χ4n) is 1.20. The predicted molar refractivity (Wildman–Crippen MR) is 71.2 cm³/mol. The lowest BCUT2D eigenvalue weighted by atomic mass is 10.2. The van der Waals surface area contributed by atoms with Crippen LogP contribution in [0.4, 0.5) is 4.79 Å². The van der Waals surface area contributed by atoms with E-state index in [4.69, 9.17) is 33.0 Å². The summed E-state index contributed by atoms with van der Waals surface area (Å²) >= 11 is 11.6. The number of carbonyl (C=O) groups excluding carboxylic acids is 1. The smallest absolute Gasteiger partial charge is 0.411 e. The summed E-state index contributed by atoms with van der Waals surface area (Å²) in [5, 5.41) is 11.5. The van der Waals surface area contributed by atoms with Gasteiger partial charge in [-0.15, -0.1) is 0 Å². The Kier molecular flexibility index (Phi) is 5.66. The molecule has 1 amide bonds. The number of hydrogen-bond acceptors (Lipinski definition) is 3. The number of hydrogen-bond donors (Lipinski definition) is 2. The first-order chi connectivity index (χ1) is 8.88. The summed E-state index contributed by atoms with van der Waals surface area (Å²) in [5.74, 6) is -1.15. The number of ether oxygens (including phenoxy) is 1. The van der Waals surface area contributed by atoms with Crippen molar-refractivity contribution in [2.45, 2.75) is 13.5 Å². The number of carboxylic acid groups (broad SMARTS) is 1. The number of alkyl carbamates (subject to hydrolysis) is 1. The maximum atomic E-state index is 11.3. The first-order valence-electron chi connectivity index (χ1n) is 5.17. The number of carboxylic acids is 1. The summed E-state index contributed by atoms with van der Waals surface area (Å²) in [4.78, 5) is 21.7. The van der Waals surface area contributed by atoms with Gasteiger partial charge in [-0.25, -0.2) is 9.59 Å². The molecule has 0 fully saturated rings. The molecular formula is C12H11Cl2NO4. The van der Waals surface area contributed by atoms with Crippen molar-refractivity contribution in [3.63, 3.8) is 0 Å². The zero-order valence-corrected chi connectivity index (χ0v) is 11.5. The minimum Gasteiger partial charge on any atom is -0.478 e. The Labute approximate surface area is 119 Å². The van der Waals surface area contributed by atoms with Crippen LogP contribution in [-0.4, -0.2) is 17.2 Å². The standard InChI is InChI=1S/C12H11Cl2NO4/c1-7(4-11(16)17)15-12(18)19-6-8-2-3-9(13)10(14)5-8/h2-5H,6H2,1H3,(H,15,18)(H,16,17). The van der Waals surface area contributed by atoms with Crippen LogP contribution in [0.5, 0.6) is 0 Å². The summed E-state index contributed by atoms with van der Waals surface area (Å²) < 4.78 is 4.89. The van der Waals surface area contributed by atoms with Gasteiger partial charge in [0.05, 0.1) is 10.0 Å². The van der Waals surface area contributed by atoms with Gasteiger partial charge in [-0.2, -0.15) is 0 Å². The van der Waals surface area contributed by atoms with E-state index in [2.05, 4.69) is 5.32 Å². The van der Waals surface area contributed by atoms with Crippen molar-refractivity contribution in [2.75, 3.05) is 0 Å². The van der Waals surface area contributed by atoms with Gasteiger partial charge in [-0.3, -0.25) is 5.32 Å². The molecule has 102 valence electrons. The van der Waals surface area contributed by atoms with Gasteiger partial charge in [-0.1, -0.05) is 29.3 Å². The third-order valence-corrected chi connectivity index (χ3v) is 2.73. The molecule has 0 aromatic heterocycles. The number of allylic oxidation sites excluding steroid dienone is 1. The maximum absolute atomic E-state index is 11.3. The molecule has 0 aliphatic heterocycles. The molecule has 7 heteroatoms. The molecule has 5 nitrogen and oxygen atoms in total. The number of carbonyl (C=O) groups is 2. The van der Waals surface area contributed by atoms with Crippen LogP contribution in [0.25, 0.3) is 0 Å². The first-order valence-corrected chi connectivity index (χ1v) is 5.93. The van der Waals surface area contributed by atoms with Crippen molar-refractivity contribution in [1.82, 2.24) is 5.32 Å². The van der Waals surface area contributed by atoms with Crippen molar-refractivity contribution in [1.29, 1.82) is 0 Å². The largest absolute Gasteiger partial charge is 0.478 e. The normalized spacial score (nSPS) is 11.0. The Morgan fingerprint density at radius 2 is 2.05 bits per heavy atom. The van der Waals surface area contributed by atoms with E-state index in [-0.39, 0.29) is 12.3 Å². The van der Waals surface area contributed by atoms with Gasteiger partial charge < -0.3 is 9.84 Å². The van der Waals surface area contributed by atoms with Crippen LogP contribution in [0.15, 0.2) is 30.0 Å². The Morgan fingerprint density at radius 3 is 2.63 bits per heavy atom. The average Bonchev–Trinajstić information content (AvgIpc) is 2.29. The number of amides is 1. The molecule has 2 N–H and O–H groups in total. The maximum Gasteiger partial charge on any atom is 0.411 e. The van der Waals surface area contributed by atoms with E-state index >= 15 is 0 Å². The highest BCUT2D eigenvalue weighted by molar-refractivity contribution is 6.42. The van der Waals surface area contributed by atoms with Crippen molar-refractivity contribution in [3.05, 3.63) is 45.6 Å². The van der Waals surface area contributed by atoms with Crippen LogP contribution in [0.2, 0.25) is 10.0 Å². The van der Waals surface area contributed by atoms with Crippen molar-refractivity contribution < 1.29 is 19.4 Å². The summed E-state index contributed by atoms with van der Waals surface area (Å²) in [6, 6.07) is 4.84. The molecule has 0 heterocycles. The van der Waals surface area contributed by atoms with Gasteiger partial charge in [0, 0.05) is 11.8 Å². The Bertz CT molecular complexity index is 528. The highest BCUT2D eigenvalue weighted by Crippen LogP contribution is 2.22. The molecule has 0 unspecified atom stereocenters. The van der Waals surface area contributed by atoms with Gasteiger partial charge in [0.25, 0.3) is 0 Å². The fourth-order valence-corrected chi connectivity index (χ4v) is 1.52. The van der Waals surface area contributed by atoms with Crippen LogP contribution in [0, 0.1) is 0 Å². The molecule has 0 atom stereocenters. The van der Waals surface area contributed by atoms with Crippen LogP contribution >= 0.6 is 23.2 Å². The van der Waals surface area contributed by atoms with Crippen molar-refractivity contribution in [2.24, 2.45) is 0 Å². The molecular weight excluding hydrogens is 293 g/mol. The van der Waals surface area contributed by atoms with E-state index in [1.54, 1.807) is 18.2 Å². The number of nitrogens with one attached hydrogen (secondary N) is 1. The van der Waals surface area contributed by atoms with Crippen LogP contribution < -0.4 is 5.32 Å². The van der Waals surface area contributed by atoms with Gasteiger partial charge in [-0.05, 0) is 24.6 Å². The summed E-state index contributed by atoms with van der Waals surface area (Å²) in [5.41, 5.74) is 0.844. The second-order valence-electron chi connectivity index (χ2n) is 3.62.